The molecule has 1 aromatic rings. The molecule has 2 fully saturated rings. The quantitative estimate of drug-likeness (QED) is 0.922. The number of benzene rings is 1. The van der Waals surface area contributed by atoms with E-state index in [2.05, 4.69) is 4.90 Å². The second kappa shape index (κ2) is 5.78. The highest BCUT2D eigenvalue weighted by molar-refractivity contribution is 5.79. The van der Waals surface area contributed by atoms with Crippen LogP contribution in [0.3, 0.4) is 0 Å². The van der Waals surface area contributed by atoms with Gasteiger partial charge in [-0.2, -0.15) is 0 Å². The molecule has 0 aromatic heterocycles. The van der Waals surface area contributed by atoms with E-state index in [0.29, 0.717) is 13.0 Å². The fourth-order valence-corrected chi connectivity index (χ4v) is 3.70. The zero-order valence-corrected chi connectivity index (χ0v) is 12.7. The summed E-state index contributed by atoms with van der Waals surface area (Å²) in [7, 11) is 1.95. The number of carbonyl (C=O) groups is 1. The van der Waals surface area contributed by atoms with E-state index in [9.17, 15) is 9.90 Å². The van der Waals surface area contributed by atoms with Crippen molar-refractivity contribution in [2.24, 2.45) is 0 Å². The van der Waals surface area contributed by atoms with Gasteiger partial charge in [0.2, 0.25) is 5.91 Å². The van der Waals surface area contributed by atoms with E-state index in [0.717, 1.165) is 37.9 Å². The molecular weight excluding hydrogens is 264 g/mol. The monoisotopic (exact) mass is 288 g/mol. The molecule has 1 unspecified atom stereocenters. The summed E-state index contributed by atoms with van der Waals surface area (Å²) < 4.78 is 0. The number of hydrogen-bond donors (Lipinski definition) is 1. The molecule has 1 atom stereocenters. The van der Waals surface area contributed by atoms with E-state index in [1.165, 1.54) is 0 Å². The number of β-amino-alcohol motifs (C(OH)–C–C–N with tert-alkyl or cyclic N) is 1. The molecule has 4 heteroatoms. The first-order chi connectivity index (χ1) is 10.1. The predicted molar refractivity (Wildman–Crippen MR) is 81.8 cm³/mol. The third-order valence-electron chi connectivity index (χ3n) is 5.29. The van der Waals surface area contributed by atoms with Gasteiger partial charge in [-0.3, -0.25) is 4.79 Å². The average Bonchev–Trinajstić information content (AvgIpc) is 2.79. The molecule has 4 nitrogen and oxygen atoms in total. The van der Waals surface area contributed by atoms with E-state index >= 15 is 0 Å². The summed E-state index contributed by atoms with van der Waals surface area (Å²) in [5.74, 6) is 0.285. The molecule has 0 bridgehead atoms. The summed E-state index contributed by atoms with van der Waals surface area (Å²) in [4.78, 5) is 16.1. The second-order valence-corrected chi connectivity index (χ2v) is 6.40. The van der Waals surface area contributed by atoms with Crippen LogP contribution >= 0.6 is 0 Å². The molecular formula is C17H24N2O2. The van der Waals surface area contributed by atoms with Gasteiger partial charge in [0.1, 0.15) is 0 Å². The molecule has 1 amide bonds. The molecule has 2 saturated heterocycles. The van der Waals surface area contributed by atoms with Crippen molar-refractivity contribution < 1.29 is 9.90 Å². The minimum absolute atomic E-state index is 0.0886. The normalized spacial score (nSPS) is 23.7. The average molecular weight is 288 g/mol. The third-order valence-corrected chi connectivity index (χ3v) is 5.29. The fraction of sp³-hybridized carbons (Fsp3) is 0.588. The van der Waals surface area contributed by atoms with E-state index in [4.69, 9.17) is 0 Å². The van der Waals surface area contributed by atoms with Crippen LogP contribution in [0.2, 0.25) is 0 Å². The Kier molecular flexibility index (Phi) is 4.00. The Morgan fingerprint density at radius 3 is 2.43 bits per heavy atom. The number of hydrogen-bond acceptors (Lipinski definition) is 3. The highest BCUT2D eigenvalue weighted by atomic mass is 16.3. The standard InChI is InChI=1S/C17H24N2O2/c1-18-16(21)7-8-17(18)9-11-19(12-10-17)13-15(20)14-5-3-2-4-6-14/h2-6,15,20H,7-13H2,1H3. The van der Waals surface area contributed by atoms with Crippen molar-refractivity contribution in [3.05, 3.63) is 35.9 Å². The Hall–Kier alpha value is -1.39. The summed E-state index contributed by atoms with van der Waals surface area (Å²) in [5, 5.41) is 10.3. The van der Waals surface area contributed by atoms with Crippen LogP contribution in [0, 0.1) is 0 Å². The van der Waals surface area contributed by atoms with Gasteiger partial charge in [-0.15, -0.1) is 0 Å². The largest absolute Gasteiger partial charge is 0.387 e. The van der Waals surface area contributed by atoms with Crippen molar-refractivity contribution in [2.75, 3.05) is 26.7 Å². The van der Waals surface area contributed by atoms with Gasteiger partial charge in [0.15, 0.2) is 0 Å². The van der Waals surface area contributed by atoms with Crippen LogP contribution in [0.1, 0.15) is 37.4 Å². The van der Waals surface area contributed by atoms with Crippen LogP contribution in [0.25, 0.3) is 0 Å². The Morgan fingerprint density at radius 1 is 1.19 bits per heavy atom. The summed E-state index contributed by atoms with van der Waals surface area (Å²) in [5.41, 5.74) is 1.07. The molecule has 0 saturated carbocycles. The summed E-state index contributed by atoms with van der Waals surface area (Å²) in [6.07, 6.45) is 3.32. The zero-order chi connectivity index (χ0) is 14.9. The number of likely N-dealkylation sites (tertiary alicyclic amines) is 2. The highest BCUT2D eigenvalue weighted by Gasteiger charge is 2.44. The topological polar surface area (TPSA) is 43.8 Å². The van der Waals surface area contributed by atoms with E-state index in [1.54, 1.807) is 0 Å². The maximum Gasteiger partial charge on any atom is 0.222 e. The third kappa shape index (κ3) is 2.83. The van der Waals surface area contributed by atoms with Crippen LogP contribution in [-0.2, 0) is 4.79 Å². The van der Waals surface area contributed by atoms with Crippen molar-refractivity contribution >= 4 is 5.91 Å². The van der Waals surface area contributed by atoms with Crippen LogP contribution < -0.4 is 0 Å². The van der Waals surface area contributed by atoms with Crippen LogP contribution in [0.4, 0.5) is 0 Å². The van der Waals surface area contributed by atoms with E-state index in [-0.39, 0.29) is 11.4 Å². The van der Waals surface area contributed by atoms with Gasteiger partial charge >= 0.3 is 0 Å². The lowest BCUT2D eigenvalue weighted by atomic mass is 9.85. The molecule has 1 aromatic carbocycles. The highest BCUT2D eigenvalue weighted by Crippen LogP contribution is 2.38. The van der Waals surface area contributed by atoms with Crippen LogP contribution in [0.15, 0.2) is 30.3 Å². The fourth-order valence-electron chi connectivity index (χ4n) is 3.70. The number of rotatable bonds is 3. The smallest absolute Gasteiger partial charge is 0.222 e. The SMILES string of the molecule is CN1C(=O)CCC12CCN(CC(O)c1ccccc1)CC2. The first kappa shape index (κ1) is 14.5. The van der Waals surface area contributed by atoms with Gasteiger partial charge in [-0.25, -0.2) is 0 Å². The van der Waals surface area contributed by atoms with Crippen molar-refractivity contribution in [1.82, 2.24) is 9.80 Å². The molecule has 0 aliphatic carbocycles. The number of amides is 1. The lowest BCUT2D eigenvalue weighted by Gasteiger charge is -2.44. The molecule has 2 heterocycles. The minimum Gasteiger partial charge on any atom is -0.387 e. The summed E-state index contributed by atoms with van der Waals surface area (Å²) in [6, 6.07) is 9.83. The van der Waals surface area contributed by atoms with Crippen molar-refractivity contribution in [2.45, 2.75) is 37.3 Å². The van der Waals surface area contributed by atoms with Crippen molar-refractivity contribution in [1.29, 1.82) is 0 Å². The lowest BCUT2D eigenvalue weighted by molar-refractivity contribution is -0.130. The Bertz CT molecular complexity index is 495. The van der Waals surface area contributed by atoms with Gasteiger partial charge in [0.25, 0.3) is 0 Å². The maximum atomic E-state index is 11.8. The summed E-state index contributed by atoms with van der Waals surface area (Å²) >= 11 is 0. The second-order valence-electron chi connectivity index (χ2n) is 6.40. The molecule has 1 N–H and O–H groups in total. The van der Waals surface area contributed by atoms with Gasteiger partial charge in [0, 0.05) is 38.6 Å². The Balaban J connectivity index is 1.56. The number of piperidine rings is 1. The van der Waals surface area contributed by atoms with Gasteiger partial charge in [-0.1, -0.05) is 30.3 Å². The first-order valence-corrected chi connectivity index (χ1v) is 7.83. The molecule has 114 valence electrons. The predicted octanol–water partition coefficient (Wildman–Crippen LogP) is 1.81. The molecule has 1 spiro atoms. The molecule has 2 aliphatic rings. The van der Waals surface area contributed by atoms with Crippen molar-refractivity contribution in [3.8, 4) is 0 Å². The zero-order valence-electron chi connectivity index (χ0n) is 12.7. The summed E-state index contributed by atoms with van der Waals surface area (Å²) in [6.45, 7) is 2.60. The van der Waals surface area contributed by atoms with Crippen LogP contribution in [-0.4, -0.2) is 53.0 Å². The molecule has 2 aliphatic heterocycles. The lowest BCUT2D eigenvalue weighted by Crippen LogP contribution is -2.52. The molecule has 0 radical (unpaired) electrons. The van der Waals surface area contributed by atoms with Gasteiger partial charge in [0.05, 0.1) is 6.10 Å². The first-order valence-electron chi connectivity index (χ1n) is 7.83. The van der Waals surface area contributed by atoms with E-state index < -0.39 is 6.10 Å². The maximum absolute atomic E-state index is 11.8. The Morgan fingerprint density at radius 2 is 1.86 bits per heavy atom. The number of aliphatic hydroxyl groups is 1. The van der Waals surface area contributed by atoms with E-state index in [1.807, 2.05) is 42.3 Å². The number of carbonyl (C=O) groups excluding carboxylic acids is 1. The van der Waals surface area contributed by atoms with Crippen LogP contribution in [0.5, 0.6) is 0 Å². The molecule has 21 heavy (non-hydrogen) atoms. The number of nitrogens with zero attached hydrogens (tertiary/aromatic N) is 2. The number of aliphatic hydroxyl groups excluding tert-OH is 1. The minimum atomic E-state index is -0.428. The van der Waals surface area contributed by atoms with Crippen molar-refractivity contribution in [3.63, 3.8) is 0 Å². The molecule has 3 rings (SSSR count). The Labute approximate surface area is 126 Å². The van der Waals surface area contributed by atoms with Gasteiger partial charge in [-0.05, 0) is 24.8 Å². The van der Waals surface area contributed by atoms with Gasteiger partial charge < -0.3 is 14.9 Å².